The molecule has 1 rings (SSSR count). The first-order valence-electron chi connectivity index (χ1n) is 8.58. The molecule has 0 saturated carbocycles. The maximum absolute atomic E-state index is 11.7. The van der Waals surface area contributed by atoms with Gasteiger partial charge < -0.3 is 10.2 Å². The second-order valence-electron chi connectivity index (χ2n) is 6.11. The fraction of sp³-hybridized carbons (Fsp3) is 0.579. The first-order valence-corrected chi connectivity index (χ1v) is 8.58. The number of hydrogen-bond acceptors (Lipinski definition) is 2. The average molecular weight is 368 g/mol. The van der Waals surface area contributed by atoms with Crippen LogP contribution in [0, 0.1) is 0 Å². The number of benzene rings is 1. The Morgan fingerprint density at radius 1 is 0.840 bits per heavy atom. The van der Waals surface area contributed by atoms with Crippen LogP contribution >= 0.6 is 0 Å². The van der Waals surface area contributed by atoms with E-state index in [-0.39, 0.29) is 76.7 Å². The topological polar surface area (TPSA) is 74.6 Å². The molecule has 0 spiro atoms. The van der Waals surface area contributed by atoms with Crippen molar-refractivity contribution in [3.05, 3.63) is 35.9 Å². The van der Waals surface area contributed by atoms with E-state index in [1.165, 1.54) is 25.7 Å². The van der Waals surface area contributed by atoms with Crippen LogP contribution < -0.4 is 0 Å². The second kappa shape index (κ2) is 15.5. The molecule has 0 aliphatic carbocycles. The SMILES string of the molecule is CCCCCCCCCCC(C(=O)O)(C(=O)O)c1ccccc1.[KH].[LiH]. The molecule has 0 radical (unpaired) electrons. The van der Waals surface area contributed by atoms with Crippen LogP contribution in [-0.4, -0.2) is 92.4 Å². The van der Waals surface area contributed by atoms with Gasteiger partial charge in [0.15, 0.2) is 5.41 Å². The third-order valence-electron chi connectivity index (χ3n) is 4.40. The van der Waals surface area contributed by atoms with Gasteiger partial charge in [0.05, 0.1) is 0 Å². The van der Waals surface area contributed by atoms with Crippen molar-refractivity contribution in [2.75, 3.05) is 0 Å². The number of carboxylic acid groups (broad SMARTS) is 2. The predicted molar refractivity (Wildman–Crippen MR) is 105 cm³/mol. The standard InChI is InChI=1S/C19H28O4.K.Li.2H/c1-2-3-4-5-6-7-8-12-15-19(17(20)21,18(22)23)16-13-10-9-11-14-16;;;;/h9-11,13-14H,2-8,12,15H2,1H3,(H,20,21)(H,22,23);;;;. The molecular weight excluding hydrogens is 338 g/mol. The van der Waals surface area contributed by atoms with Gasteiger partial charge >= 0.3 is 82.2 Å². The van der Waals surface area contributed by atoms with E-state index in [2.05, 4.69) is 6.92 Å². The summed E-state index contributed by atoms with van der Waals surface area (Å²) in [7, 11) is 0. The number of aliphatic carboxylic acids is 2. The van der Waals surface area contributed by atoms with Gasteiger partial charge in [-0.1, -0.05) is 88.6 Å². The van der Waals surface area contributed by atoms with Gasteiger partial charge in [-0.25, -0.2) is 0 Å². The fourth-order valence-corrected chi connectivity index (χ4v) is 2.94. The zero-order valence-electron chi connectivity index (χ0n) is 14.0. The van der Waals surface area contributed by atoms with Gasteiger partial charge in [-0.2, -0.15) is 0 Å². The Morgan fingerprint density at radius 3 is 1.72 bits per heavy atom. The average Bonchev–Trinajstić information content (AvgIpc) is 2.54. The van der Waals surface area contributed by atoms with Crippen molar-refractivity contribution in [2.24, 2.45) is 0 Å². The van der Waals surface area contributed by atoms with E-state index in [0.29, 0.717) is 12.0 Å². The van der Waals surface area contributed by atoms with Gasteiger partial charge in [0.25, 0.3) is 0 Å². The van der Waals surface area contributed by atoms with Crippen LogP contribution in [0.5, 0.6) is 0 Å². The molecular formula is C19H30KLiO4. The van der Waals surface area contributed by atoms with E-state index in [1.54, 1.807) is 30.3 Å². The van der Waals surface area contributed by atoms with Crippen molar-refractivity contribution in [3.63, 3.8) is 0 Å². The summed E-state index contributed by atoms with van der Waals surface area (Å²) in [5, 5.41) is 19.1. The summed E-state index contributed by atoms with van der Waals surface area (Å²) in [6.07, 6.45) is 8.72. The number of carbonyl (C=O) groups is 2. The van der Waals surface area contributed by atoms with E-state index in [4.69, 9.17) is 0 Å². The number of rotatable bonds is 12. The molecule has 0 amide bonds. The molecule has 0 unspecified atom stereocenters. The first-order chi connectivity index (χ1) is 11.1. The quantitative estimate of drug-likeness (QED) is 0.337. The van der Waals surface area contributed by atoms with Crippen LogP contribution in [0.25, 0.3) is 0 Å². The van der Waals surface area contributed by atoms with E-state index in [1.807, 2.05) is 0 Å². The molecule has 0 aliphatic heterocycles. The molecule has 2 N–H and O–H groups in total. The van der Waals surface area contributed by atoms with Crippen LogP contribution in [0.4, 0.5) is 0 Å². The number of carboxylic acids is 2. The summed E-state index contributed by atoms with van der Waals surface area (Å²) < 4.78 is 0. The second-order valence-corrected chi connectivity index (χ2v) is 6.11. The Morgan fingerprint density at radius 2 is 1.28 bits per heavy atom. The van der Waals surface area contributed by atoms with Crippen molar-refractivity contribution in [3.8, 4) is 0 Å². The third-order valence-corrected chi connectivity index (χ3v) is 4.40. The minimum atomic E-state index is -1.83. The number of hydrogen-bond donors (Lipinski definition) is 2. The summed E-state index contributed by atoms with van der Waals surface area (Å²) in [6, 6.07) is 8.31. The molecule has 0 fully saturated rings. The maximum atomic E-state index is 11.7. The Bertz CT molecular complexity index is 479. The Hall–Kier alpha value is 0.394. The molecule has 4 nitrogen and oxygen atoms in total. The van der Waals surface area contributed by atoms with Gasteiger partial charge in [-0.3, -0.25) is 9.59 Å². The van der Waals surface area contributed by atoms with Gasteiger partial charge in [-0.05, 0) is 12.0 Å². The van der Waals surface area contributed by atoms with Crippen LogP contribution in [-0.2, 0) is 15.0 Å². The minimum absolute atomic E-state index is 0. The Labute approximate surface area is 205 Å². The van der Waals surface area contributed by atoms with Crippen LogP contribution in [0.2, 0.25) is 0 Å². The zero-order valence-corrected chi connectivity index (χ0v) is 14.0. The molecule has 1 aromatic rings. The monoisotopic (exact) mass is 368 g/mol. The van der Waals surface area contributed by atoms with Crippen molar-refractivity contribution >= 4 is 82.2 Å². The van der Waals surface area contributed by atoms with Gasteiger partial charge in [0, 0.05) is 0 Å². The molecule has 132 valence electrons. The van der Waals surface area contributed by atoms with Gasteiger partial charge in [-0.15, -0.1) is 0 Å². The fourth-order valence-electron chi connectivity index (χ4n) is 2.94. The van der Waals surface area contributed by atoms with Gasteiger partial charge in [0.1, 0.15) is 0 Å². The summed E-state index contributed by atoms with van der Waals surface area (Å²) in [5.74, 6) is -2.56. The Kier molecular flexibility index (Phi) is 17.1. The molecule has 6 heteroatoms. The molecule has 0 heterocycles. The third kappa shape index (κ3) is 8.75. The van der Waals surface area contributed by atoms with E-state index in [9.17, 15) is 19.8 Å². The van der Waals surface area contributed by atoms with Crippen LogP contribution in [0.15, 0.2) is 30.3 Å². The molecule has 0 aromatic heterocycles. The van der Waals surface area contributed by atoms with E-state index in [0.717, 1.165) is 19.3 Å². The normalized spacial score (nSPS) is 10.4. The van der Waals surface area contributed by atoms with Crippen molar-refractivity contribution in [1.82, 2.24) is 0 Å². The summed E-state index contributed by atoms with van der Waals surface area (Å²) in [4.78, 5) is 23.4. The molecule has 25 heavy (non-hydrogen) atoms. The van der Waals surface area contributed by atoms with Crippen LogP contribution in [0.3, 0.4) is 0 Å². The zero-order chi connectivity index (χ0) is 17.1. The summed E-state index contributed by atoms with van der Waals surface area (Å²) >= 11 is 0. The summed E-state index contributed by atoms with van der Waals surface area (Å²) in [5.41, 5.74) is -1.48. The molecule has 1 aromatic carbocycles. The Balaban J connectivity index is 0. The van der Waals surface area contributed by atoms with Crippen molar-refractivity contribution in [1.29, 1.82) is 0 Å². The van der Waals surface area contributed by atoms with Gasteiger partial charge in [0.2, 0.25) is 0 Å². The first kappa shape index (κ1) is 27.6. The molecule has 0 saturated heterocycles. The van der Waals surface area contributed by atoms with E-state index < -0.39 is 17.4 Å². The number of unbranched alkanes of at least 4 members (excludes halogenated alkanes) is 7. The summed E-state index contributed by atoms with van der Waals surface area (Å²) in [6.45, 7) is 2.18. The van der Waals surface area contributed by atoms with Crippen molar-refractivity contribution in [2.45, 2.75) is 70.1 Å². The molecule has 0 atom stereocenters. The van der Waals surface area contributed by atoms with E-state index >= 15 is 0 Å². The predicted octanol–water partition coefficient (Wildman–Crippen LogP) is 3.33. The molecule has 0 aliphatic rings. The molecule has 0 bridgehead atoms. The van der Waals surface area contributed by atoms with Crippen LogP contribution in [0.1, 0.15) is 70.3 Å². The van der Waals surface area contributed by atoms with Crippen molar-refractivity contribution < 1.29 is 19.8 Å².